The van der Waals surface area contributed by atoms with Gasteiger partial charge in [0.15, 0.2) is 0 Å². The maximum absolute atomic E-state index is 12.6. The Balaban J connectivity index is 2.38. The van der Waals surface area contributed by atoms with Crippen LogP contribution in [0.2, 0.25) is 0 Å². The molecule has 1 atom stereocenters. The summed E-state index contributed by atoms with van der Waals surface area (Å²) in [4.78, 5) is 14.9. The van der Waals surface area contributed by atoms with E-state index in [4.69, 9.17) is 5.53 Å². The van der Waals surface area contributed by atoms with E-state index in [1.165, 1.54) is 4.90 Å². The normalized spacial score (nSPS) is 22.1. The molecule has 0 aromatic heterocycles. The van der Waals surface area contributed by atoms with Gasteiger partial charge in [0.2, 0.25) is 5.91 Å². The molecule has 12 heavy (non-hydrogen) atoms. The van der Waals surface area contributed by atoms with Gasteiger partial charge in [0.25, 0.3) is 0 Å². The van der Waals surface area contributed by atoms with E-state index >= 15 is 0 Å². The number of likely N-dealkylation sites (tertiary alicyclic amines) is 1. The quantitative estimate of drug-likeness (QED) is 0.346. The highest BCUT2D eigenvalue weighted by atomic mass is 19.1. The Kier molecular flexibility index (Phi) is 2.88. The van der Waals surface area contributed by atoms with Gasteiger partial charge in [-0.15, -0.1) is 0 Å². The number of hydrogen-bond donors (Lipinski definition) is 0. The molecule has 1 rings (SSSR count). The van der Waals surface area contributed by atoms with Crippen molar-refractivity contribution in [2.75, 3.05) is 19.6 Å². The molecular weight excluding hydrogens is 163 g/mol. The van der Waals surface area contributed by atoms with Gasteiger partial charge in [0.05, 0.1) is 6.54 Å². The summed E-state index contributed by atoms with van der Waals surface area (Å²) in [6, 6.07) is 0. The van der Waals surface area contributed by atoms with Crippen LogP contribution in [-0.4, -0.2) is 36.6 Å². The van der Waals surface area contributed by atoms with E-state index < -0.39 is 6.17 Å². The van der Waals surface area contributed by atoms with Crippen LogP contribution in [0.1, 0.15) is 6.42 Å². The highest BCUT2D eigenvalue weighted by Gasteiger charge is 2.24. The van der Waals surface area contributed by atoms with E-state index in [1.54, 1.807) is 0 Å². The molecule has 1 saturated heterocycles. The average Bonchev–Trinajstić information content (AvgIpc) is 2.47. The van der Waals surface area contributed by atoms with Gasteiger partial charge in [0.1, 0.15) is 12.7 Å². The molecule has 0 radical (unpaired) electrons. The first-order valence-corrected chi connectivity index (χ1v) is 3.66. The van der Waals surface area contributed by atoms with Crippen molar-refractivity contribution in [1.29, 1.82) is 0 Å². The predicted molar refractivity (Wildman–Crippen MR) is 40.1 cm³/mol. The largest absolute Gasteiger partial charge is 0.340 e. The van der Waals surface area contributed by atoms with Crippen LogP contribution in [0.15, 0.2) is 5.11 Å². The third-order valence-electron chi connectivity index (χ3n) is 1.75. The molecule has 5 nitrogen and oxygen atoms in total. The number of nitrogens with zero attached hydrogens (tertiary/aromatic N) is 4. The molecule has 0 aromatic carbocycles. The number of amides is 1. The summed E-state index contributed by atoms with van der Waals surface area (Å²) in [5, 5.41) is 3.11. The number of alkyl halides is 1. The van der Waals surface area contributed by atoms with E-state index in [0.717, 1.165) is 0 Å². The Morgan fingerprint density at radius 3 is 3.08 bits per heavy atom. The van der Waals surface area contributed by atoms with Gasteiger partial charge in [-0.2, -0.15) is 0 Å². The monoisotopic (exact) mass is 172 g/mol. The Labute approximate surface area is 68.8 Å². The van der Waals surface area contributed by atoms with Crippen molar-refractivity contribution < 1.29 is 9.18 Å². The van der Waals surface area contributed by atoms with E-state index in [2.05, 4.69) is 10.0 Å². The summed E-state index contributed by atoms with van der Waals surface area (Å²) in [7, 11) is 0. The van der Waals surface area contributed by atoms with Crippen LogP contribution >= 0.6 is 0 Å². The Bertz CT molecular complexity index is 226. The van der Waals surface area contributed by atoms with Crippen LogP contribution in [0.5, 0.6) is 0 Å². The van der Waals surface area contributed by atoms with Gasteiger partial charge < -0.3 is 4.90 Å². The highest BCUT2D eigenvalue weighted by molar-refractivity contribution is 5.78. The molecule has 6 heteroatoms. The van der Waals surface area contributed by atoms with Crippen LogP contribution in [0.3, 0.4) is 0 Å². The maximum Gasteiger partial charge on any atom is 0.228 e. The molecule has 0 aromatic rings. The van der Waals surface area contributed by atoms with E-state index in [0.29, 0.717) is 13.0 Å². The summed E-state index contributed by atoms with van der Waals surface area (Å²) in [5.41, 5.74) is 7.92. The summed E-state index contributed by atoms with van der Waals surface area (Å²) in [5.74, 6) is -0.298. The molecular formula is C6H9FN4O. The zero-order valence-electron chi connectivity index (χ0n) is 6.48. The first kappa shape index (κ1) is 8.80. The van der Waals surface area contributed by atoms with E-state index in [-0.39, 0.29) is 19.0 Å². The number of carbonyl (C=O) groups is 1. The average molecular weight is 172 g/mol. The fourth-order valence-electron chi connectivity index (χ4n) is 1.14. The van der Waals surface area contributed by atoms with Gasteiger partial charge >= 0.3 is 0 Å². The highest BCUT2D eigenvalue weighted by Crippen LogP contribution is 2.11. The summed E-state index contributed by atoms with van der Waals surface area (Å²) < 4.78 is 12.6. The molecule has 0 bridgehead atoms. The second-order valence-corrected chi connectivity index (χ2v) is 2.61. The number of hydrogen-bond acceptors (Lipinski definition) is 2. The molecule has 0 saturated carbocycles. The minimum atomic E-state index is -0.917. The van der Waals surface area contributed by atoms with Gasteiger partial charge in [-0.25, -0.2) is 4.39 Å². The lowest BCUT2D eigenvalue weighted by molar-refractivity contribution is -0.128. The lowest BCUT2D eigenvalue weighted by atomic mass is 10.3. The zero-order chi connectivity index (χ0) is 8.97. The standard InChI is InChI=1S/C6H9FN4O/c7-5-1-2-11(4-5)6(12)3-9-10-8/h5H,1-4H2/t5-/m0/s1. The fourth-order valence-corrected chi connectivity index (χ4v) is 1.14. The number of halogens is 1. The Morgan fingerprint density at radius 1 is 1.83 bits per heavy atom. The molecule has 1 aliphatic heterocycles. The SMILES string of the molecule is [N-]=[N+]=NCC(=O)N1CC[C@H](F)C1. The van der Waals surface area contributed by atoms with Crippen molar-refractivity contribution >= 4 is 5.91 Å². The van der Waals surface area contributed by atoms with Crippen molar-refractivity contribution in [2.45, 2.75) is 12.6 Å². The molecule has 0 unspecified atom stereocenters. The van der Waals surface area contributed by atoms with Crippen LogP contribution in [0.4, 0.5) is 4.39 Å². The van der Waals surface area contributed by atoms with Crippen LogP contribution in [-0.2, 0) is 4.79 Å². The van der Waals surface area contributed by atoms with E-state index in [1.807, 2.05) is 0 Å². The molecule has 0 N–H and O–H groups in total. The van der Waals surface area contributed by atoms with Crippen molar-refractivity contribution in [1.82, 2.24) is 4.90 Å². The second kappa shape index (κ2) is 3.92. The minimum absolute atomic E-state index is 0.139. The fraction of sp³-hybridized carbons (Fsp3) is 0.833. The predicted octanol–water partition coefficient (Wildman–Crippen LogP) is 0.867. The van der Waals surface area contributed by atoms with Gasteiger partial charge in [-0.05, 0) is 12.0 Å². The maximum atomic E-state index is 12.6. The van der Waals surface area contributed by atoms with Gasteiger partial charge in [-0.3, -0.25) is 4.79 Å². The van der Waals surface area contributed by atoms with Gasteiger partial charge in [-0.1, -0.05) is 5.11 Å². The van der Waals surface area contributed by atoms with Crippen LogP contribution in [0.25, 0.3) is 10.4 Å². The molecule has 1 heterocycles. The van der Waals surface area contributed by atoms with Crippen LogP contribution in [0, 0.1) is 0 Å². The topological polar surface area (TPSA) is 69.1 Å². The smallest absolute Gasteiger partial charge is 0.228 e. The lowest BCUT2D eigenvalue weighted by Gasteiger charge is -2.12. The molecule has 0 spiro atoms. The van der Waals surface area contributed by atoms with Gasteiger partial charge in [0, 0.05) is 11.5 Å². The molecule has 1 amide bonds. The second-order valence-electron chi connectivity index (χ2n) is 2.61. The molecule has 0 aliphatic carbocycles. The number of rotatable bonds is 2. The Hall–Kier alpha value is -1.29. The summed E-state index contributed by atoms with van der Waals surface area (Å²) in [6.45, 7) is 0.365. The van der Waals surface area contributed by atoms with Crippen LogP contribution < -0.4 is 0 Å². The van der Waals surface area contributed by atoms with Crippen molar-refractivity contribution in [3.63, 3.8) is 0 Å². The van der Waals surface area contributed by atoms with Crippen molar-refractivity contribution in [3.8, 4) is 0 Å². The molecule has 1 aliphatic rings. The lowest BCUT2D eigenvalue weighted by Crippen LogP contribution is -2.30. The number of azide groups is 1. The zero-order valence-corrected chi connectivity index (χ0v) is 6.48. The van der Waals surface area contributed by atoms with E-state index in [9.17, 15) is 9.18 Å². The Morgan fingerprint density at radius 2 is 2.58 bits per heavy atom. The molecule has 66 valence electrons. The summed E-state index contributed by atoms with van der Waals surface area (Å²) >= 11 is 0. The molecule has 1 fully saturated rings. The number of carbonyl (C=O) groups excluding carboxylic acids is 1. The first-order valence-electron chi connectivity index (χ1n) is 3.66. The third kappa shape index (κ3) is 2.10. The third-order valence-corrected chi connectivity index (χ3v) is 1.75. The van der Waals surface area contributed by atoms with Crippen molar-refractivity contribution in [2.24, 2.45) is 5.11 Å². The summed E-state index contributed by atoms with van der Waals surface area (Å²) in [6.07, 6.45) is -0.526. The minimum Gasteiger partial charge on any atom is -0.340 e. The van der Waals surface area contributed by atoms with Crippen molar-refractivity contribution in [3.05, 3.63) is 10.4 Å². The first-order chi connectivity index (χ1) is 5.74.